The number of rotatable bonds is 13. The summed E-state index contributed by atoms with van der Waals surface area (Å²) in [6, 6.07) is 0. The highest BCUT2D eigenvalue weighted by Gasteiger charge is 2.19. The molecule has 0 aromatic rings. The molecule has 0 saturated carbocycles. The van der Waals surface area contributed by atoms with Crippen LogP contribution in [0.25, 0.3) is 0 Å². The van der Waals surface area contributed by atoms with Gasteiger partial charge in [-0.2, -0.15) is 0 Å². The zero-order valence-electron chi connectivity index (χ0n) is 12.7. The van der Waals surface area contributed by atoms with Crippen molar-refractivity contribution in [3.05, 3.63) is 0 Å². The van der Waals surface area contributed by atoms with Gasteiger partial charge in [0.25, 0.3) is 0 Å². The predicted molar refractivity (Wildman–Crippen MR) is 81.5 cm³/mol. The number of thioether (sulfide) groups is 1. The average molecular weight is 310 g/mol. The van der Waals surface area contributed by atoms with E-state index in [4.69, 9.17) is 4.74 Å². The minimum atomic E-state index is -2.19. The molecule has 0 spiro atoms. The number of unbranched alkanes of at least 4 members (excludes halogenated alkanes) is 3. The molecular formula is C15H28F2O2S. The molecule has 0 aliphatic heterocycles. The SMILES string of the molecule is CCCCC(SCCCCCC(F)F)C(=O)OCCC. The van der Waals surface area contributed by atoms with Gasteiger partial charge in [-0.1, -0.05) is 33.1 Å². The van der Waals surface area contributed by atoms with Gasteiger partial charge in [0.2, 0.25) is 6.43 Å². The normalized spacial score (nSPS) is 12.7. The van der Waals surface area contributed by atoms with E-state index in [-0.39, 0.29) is 17.6 Å². The molecule has 2 nitrogen and oxygen atoms in total. The third-order valence-electron chi connectivity index (χ3n) is 2.92. The quantitative estimate of drug-likeness (QED) is 0.351. The number of carbonyl (C=O) groups excluding carboxylic acids is 1. The predicted octanol–water partition coefficient (Wildman–Crippen LogP) is 5.06. The van der Waals surface area contributed by atoms with E-state index >= 15 is 0 Å². The van der Waals surface area contributed by atoms with Crippen LogP contribution in [0.1, 0.15) is 65.2 Å². The van der Waals surface area contributed by atoms with Gasteiger partial charge in [0.05, 0.1) is 6.61 Å². The summed E-state index contributed by atoms with van der Waals surface area (Å²) in [7, 11) is 0. The lowest BCUT2D eigenvalue weighted by Gasteiger charge is -2.15. The van der Waals surface area contributed by atoms with Crippen LogP contribution in [0.4, 0.5) is 8.78 Å². The molecule has 0 heterocycles. The zero-order chi connectivity index (χ0) is 15.2. The molecule has 0 radical (unpaired) electrons. The maximum atomic E-state index is 12.0. The first-order valence-corrected chi connectivity index (χ1v) is 8.73. The van der Waals surface area contributed by atoms with Crippen LogP contribution in [0.2, 0.25) is 0 Å². The van der Waals surface area contributed by atoms with E-state index in [9.17, 15) is 13.6 Å². The number of hydrogen-bond acceptors (Lipinski definition) is 3. The summed E-state index contributed by atoms with van der Waals surface area (Å²) in [5.41, 5.74) is 0. The Kier molecular flexibility index (Phi) is 13.4. The monoisotopic (exact) mass is 310 g/mol. The molecule has 0 amide bonds. The standard InChI is InChI=1S/C15H28F2O2S/c1-3-5-9-13(15(18)19-11-4-2)20-12-8-6-7-10-14(16)17/h13-14H,3-12H2,1-2H3. The van der Waals surface area contributed by atoms with Gasteiger partial charge in [-0.15, -0.1) is 11.8 Å². The molecule has 0 rings (SSSR count). The van der Waals surface area contributed by atoms with Gasteiger partial charge in [-0.05, 0) is 31.4 Å². The molecular weight excluding hydrogens is 282 g/mol. The number of alkyl halides is 2. The van der Waals surface area contributed by atoms with Crippen LogP contribution in [0.15, 0.2) is 0 Å². The van der Waals surface area contributed by atoms with E-state index < -0.39 is 6.43 Å². The van der Waals surface area contributed by atoms with Crippen LogP contribution in [-0.2, 0) is 9.53 Å². The summed E-state index contributed by atoms with van der Waals surface area (Å²) in [4.78, 5) is 11.9. The fourth-order valence-corrected chi connectivity index (χ4v) is 2.95. The fourth-order valence-electron chi connectivity index (χ4n) is 1.76. The minimum absolute atomic E-state index is 0.0114. The molecule has 20 heavy (non-hydrogen) atoms. The first-order chi connectivity index (χ1) is 9.61. The average Bonchev–Trinajstić information content (AvgIpc) is 2.42. The van der Waals surface area contributed by atoms with E-state index in [1.807, 2.05) is 6.92 Å². The van der Waals surface area contributed by atoms with Crippen LogP contribution < -0.4 is 0 Å². The van der Waals surface area contributed by atoms with Crippen molar-refractivity contribution in [2.75, 3.05) is 12.4 Å². The number of carbonyl (C=O) groups is 1. The Morgan fingerprint density at radius 1 is 1.05 bits per heavy atom. The Morgan fingerprint density at radius 2 is 1.80 bits per heavy atom. The largest absolute Gasteiger partial charge is 0.465 e. The molecule has 120 valence electrons. The molecule has 0 aliphatic carbocycles. The van der Waals surface area contributed by atoms with Gasteiger partial charge in [-0.3, -0.25) is 4.79 Å². The topological polar surface area (TPSA) is 26.3 Å². The van der Waals surface area contributed by atoms with Gasteiger partial charge in [0.1, 0.15) is 5.25 Å². The van der Waals surface area contributed by atoms with Crippen molar-refractivity contribution in [2.45, 2.75) is 76.9 Å². The van der Waals surface area contributed by atoms with Crippen molar-refractivity contribution < 1.29 is 18.3 Å². The molecule has 0 bridgehead atoms. The highest BCUT2D eigenvalue weighted by molar-refractivity contribution is 8.00. The van der Waals surface area contributed by atoms with Crippen LogP contribution in [-0.4, -0.2) is 30.0 Å². The summed E-state index contributed by atoms with van der Waals surface area (Å²) in [6.45, 7) is 4.56. The molecule has 0 saturated heterocycles. The molecule has 5 heteroatoms. The summed E-state index contributed by atoms with van der Waals surface area (Å²) < 4.78 is 29.1. The van der Waals surface area contributed by atoms with Gasteiger partial charge < -0.3 is 4.74 Å². The van der Waals surface area contributed by atoms with Crippen molar-refractivity contribution >= 4 is 17.7 Å². The van der Waals surface area contributed by atoms with Crippen molar-refractivity contribution in [3.8, 4) is 0 Å². The van der Waals surface area contributed by atoms with E-state index in [2.05, 4.69) is 6.92 Å². The van der Waals surface area contributed by atoms with E-state index in [1.165, 1.54) is 0 Å². The number of hydrogen-bond donors (Lipinski definition) is 0. The summed E-state index contributed by atoms with van der Waals surface area (Å²) in [6.07, 6.45) is 3.83. The Bertz CT molecular complexity index is 238. The first kappa shape index (κ1) is 19.7. The maximum Gasteiger partial charge on any atom is 0.319 e. The van der Waals surface area contributed by atoms with Gasteiger partial charge >= 0.3 is 5.97 Å². The van der Waals surface area contributed by atoms with Crippen molar-refractivity contribution in [2.24, 2.45) is 0 Å². The molecule has 0 aromatic carbocycles. The highest BCUT2D eigenvalue weighted by atomic mass is 32.2. The molecule has 0 fully saturated rings. The Balaban J connectivity index is 3.82. The molecule has 1 atom stereocenters. The second-order valence-electron chi connectivity index (χ2n) is 4.91. The van der Waals surface area contributed by atoms with Gasteiger partial charge in [0, 0.05) is 6.42 Å². The van der Waals surface area contributed by atoms with Gasteiger partial charge in [-0.25, -0.2) is 8.78 Å². The zero-order valence-corrected chi connectivity index (χ0v) is 13.5. The lowest BCUT2D eigenvalue weighted by molar-refractivity contribution is -0.143. The van der Waals surface area contributed by atoms with Crippen LogP contribution >= 0.6 is 11.8 Å². The van der Waals surface area contributed by atoms with E-state index in [0.29, 0.717) is 13.0 Å². The smallest absolute Gasteiger partial charge is 0.319 e. The summed E-state index contributed by atoms with van der Waals surface area (Å²) in [5.74, 6) is 0.733. The molecule has 0 aromatic heterocycles. The van der Waals surface area contributed by atoms with E-state index in [0.717, 1.165) is 44.3 Å². The third kappa shape index (κ3) is 11.5. The summed E-state index contributed by atoms with van der Waals surface area (Å²) >= 11 is 1.62. The molecule has 1 unspecified atom stereocenters. The van der Waals surface area contributed by atoms with E-state index in [1.54, 1.807) is 11.8 Å². The van der Waals surface area contributed by atoms with Crippen LogP contribution in [0.3, 0.4) is 0 Å². The van der Waals surface area contributed by atoms with Crippen LogP contribution in [0, 0.1) is 0 Å². The molecule has 0 N–H and O–H groups in total. The lowest BCUT2D eigenvalue weighted by Crippen LogP contribution is -2.21. The number of halogens is 2. The Labute approximate surface area is 126 Å². The molecule has 0 aliphatic rings. The first-order valence-electron chi connectivity index (χ1n) is 7.68. The fraction of sp³-hybridized carbons (Fsp3) is 0.933. The number of ether oxygens (including phenoxy) is 1. The second-order valence-corrected chi connectivity index (χ2v) is 6.22. The Hall–Kier alpha value is -0.320. The highest BCUT2D eigenvalue weighted by Crippen LogP contribution is 2.21. The van der Waals surface area contributed by atoms with Crippen molar-refractivity contribution in [3.63, 3.8) is 0 Å². The Morgan fingerprint density at radius 3 is 2.40 bits per heavy atom. The summed E-state index contributed by atoms with van der Waals surface area (Å²) in [5, 5.41) is -0.0865. The van der Waals surface area contributed by atoms with Crippen molar-refractivity contribution in [1.29, 1.82) is 0 Å². The third-order valence-corrected chi connectivity index (χ3v) is 4.27. The van der Waals surface area contributed by atoms with Crippen molar-refractivity contribution in [1.82, 2.24) is 0 Å². The van der Waals surface area contributed by atoms with Crippen LogP contribution in [0.5, 0.6) is 0 Å². The second kappa shape index (κ2) is 13.7. The van der Waals surface area contributed by atoms with Gasteiger partial charge in [0.15, 0.2) is 0 Å². The maximum absolute atomic E-state index is 12.0. The number of esters is 1. The minimum Gasteiger partial charge on any atom is -0.465 e. The lowest BCUT2D eigenvalue weighted by atomic mass is 10.2.